The molecule has 33 heavy (non-hydrogen) atoms. The first-order valence-corrected chi connectivity index (χ1v) is 12.4. The van der Waals surface area contributed by atoms with Crippen molar-refractivity contribution < 1.29 is 14.3 Å². The summed E-state index contributed by atoms with van der Waals surface area (Å²) in [4.78, 5) is 13.7. The molecule has 0 spiro atoms. The Balaban J connectivity index is 1.35. The third kappa shape index (κ3) is 4.89. The largest absolute Gasteiger partial charge is 0.454 e. The van der Waals surface area contributed by atoms with Crippen LogP contribution in [0.3, 0.4) is 0 Å². The molecule has 4 aromatic rings. The fourth-order valence-corrected chi connectivity index (χ4v) is 5.07. The van der Waals surface area contributed by atoms with E-state index in [1.165, 1.54) is 11.8 Å². The summed E-state index contributed by atoms with van der Waals surface area (Å²) in [6.45, 7) is 2.77. The van der Waals surface area contributed by atoms with Crippen LogP contribution >= 0.6 is 23.1 Å². The highest BCUT2D eigenvalue weighted by molar-refractivity contribution is 7.99. The zero-order valence-corrected chi connectivity index (χ0v) is 19.6. The average Bonchev–Trinajstić information content (AvgIpc) is 3.59. The molecule has 1 N–H and O–H groups in total. The number of ether oxygens (including phenoxy) is 2. The van der Waals surface area contributed by atoms with Gasteiger partial charge in [-0.1, -0.05) is 54.2 Å². The molecule has 168 valence electrons. The average molecular weight is 479 g/mol. The third-order valence-corrected chi connectivity index (χ3v) is 7.23. The summed E-state index contributed by atoms with van der Waals surface area (Å²) >= 11 is 3.01. The number of amides is 1. The first-order chi connectivity index (χ1) is 16.2. The summed E-state index contributed by atoms with van der Waals surface area (Å²) in [5, 5.41) is 14.6. The number of nitrogens with one attached hydrogen (secondary N) is 1. The number of carbonyl (C=O) groups excluding carboxylic acids is 1. The Hall–Kier alpha value is -3.30. The van der Waals surface area contributed by atoms with E-state index in [0.717, 1.165) is 33.3 Å². The molecule has 7 nitrogen and oxygen atoms in total. The maximum atomic E-state index is 12.6. The lowest BCUT2D eigenvalue weighted by Crippen LogP contribution is -2.27. The fourth-order valence-electron chi connectivity index (χ4n) is 3.58. The summed E-state index contributed by atoms with van der Waals surface area (Å²) < 4.78 is 13.0. The number of aromatic nitrogens is 3. The Kier molecular flexibility index (Phi) is 6.32. The lowest BCUT2D eigenvalue weighted by atomic mass is 10.2. The highest BCUT2D eigenvalue weighted by atomic mass is 32.2. The number of fused-ring (bicyclic) bond motifs is 1. The van der Waals surface area contributed by atoms with Crippen molar-refractivity contribution in [1.29, 1.82) is 0 Å². The van der Waals surface area contributed by atoms with E-state index in [2.05, 4.69) is 15.5 Å². The fraction of sp³-hybridized carbons (Fsp3) is 0.208. The second-order valence-electron chi connectivity index (χ2n) is 7.54. The monoisotopic (exact) mass is 478 g/mol. The van der Waals surface area contributed by atoms with Crippen LogP contribution in [0.2, 0.25) is 0 Å². The lowest BCUT2D eigenvalue weighted by molar-refractivity contribution is -0.119. The van der Waals surface area contributed by atoms with Crippen LogP contribution in [0, 0.1) is 0 Å². The highest BCUT2D eigenvalue weighted by Crippen LogP contribution is 2.33. The minimum atomic E-state index is -0.0419. The Morgan fingerprint density at radius 1 is 1.12 bits per heavy atom. The van der Waals surface area contributed by atoms with Crippen LogP contribution < -0.4 is 14.8 Å². The van der Waals surface area contributed by atoms with Crippen LogP contribution in [0.1, 0.15) is 23.4 Å². The molecule has 0 unspecified atom stereocenters. The van der Waals surface area contributed by atoms with Crippen molar-refractivity contribution in [3.05, 3.63) is 76.5 Å². The number of hydrogen-bond acceptors (Lipinski definition) is 7. The normalized spacial score (nSPS) is 13.1. The molecule has 0 aliphatic carbocycles. The molecule has 0 saturated heterocycles. The first kappa shape index (κ1) is 21.5. The molecule has 3 heterocycles. The number of rotatable bonds is 8. The molecule has 0 radical (unpaired) electrons. The molecule has 0 fully saturated rings. The van der Waals surface area contributed by atoms with E-state index in [1.807, 2.05) is 77.5 Å². The zero-order valence-electron chi connectivity index (χ0n) is 17.9. The standard InChI is InChI=1S/C24H22N4O3S2/c1-16(21-8-5-11-32-21)25-22(29)14-33-24-27-26-23(18-6-3-2-4-7-18)28(24)13-17-9-10-19-20(12-17)31-15-30-19/h2-12,16H,13-15H2,1H3,(H,25,29)/t16-/m0/s1. The Labute approximate surface area is 199 Å². The van der Waals surface area contributed by atoms with E-state index in [1.54, 1.807) is 11.3 Å². The molecular weight excluding hydrogens is 456 g/mol. The molecule has 2 aromatic heterocycles. The second kappa shape index (κ2) is 9.68. The molecule has 1 aliphatic heterocycles. The van der Waals surface area contributed by atoms with Crippen molar-refractivity contribution in [2.45, 2.75) is 24.7 Å². The molecule has 1 amide bonds. The van der Waals surface area contributed by atoms with Gasteiger partial charge in [-0.15, -0.1) is 21.5 Å². The van der Waals surface area contributed by atoms with Gasteiger partial charge < -0.3 is 14.8 Å². The van der Waals surface area contributed by atoms with Gasteiger partial charge in [0, 0.05) is 10.4 Å². The summed E-state index contributed by atoms with van der Waals surface area (Å²) in [6.07, 6.45) is 0. The summed E-state index contributed by atoms with van der Waals surface area (Å²) in [7, 11) is 0. The zero-order chi connectivity index (χ0) is 22.6. The van der Waals surface area contributed by atoms with Crippen molar-refractivity contribution >= 4 is 29.0 Å². The van der Waals surface area contributed by atoms with Crippen molar-refractivity contribution in [1.82, 2.24) is 20.1 Å². The summed E-state index contributed by atoms with van der Waals surface area (Å²) in [5.41, 5.74) is 2.00. The van der Waals surface area contributed by atoms with Crippen molar-refractivity contribution in [3.8, 4) is 22.9 Å². The van der Waals surface area contributed by atoms with E-state index >= 15 is 0 Å². The molecular formula is C24H22N4O3S2. The number of carbonyl (C=O) groups is 1. The van der Waals surface area contributed by atoms with Gasteiger partial charge in [0.25, 0.3) is 0 Å². The van der Waals surface area contributed by atoms with Gasteiger partial charge in [0.05, 0.1) is 18.3 Å². The molecule has 0 bridgehead atoms. The highest BCUT2D eigenvalue weighted by Gasteiger charge is 2.19. The number of thioether (sulfide) groups is 1. The first-order valence-electron chi connectivity index (χ1n) is 10.5. The quantitative estimate of drug-likeness (QED) is 0.368. The van der Waals surface area contributed by atoms with Crippen molar-refractivity contribution in [2.24, 2.45) is 0 Å². The molecule has 5 rings (SSSR count). The van der Waals surface area contributed by atoms with Gasteiger partial charge in [-0.05, 0) is 36.1 Å². The number of hydrogen-bond donors (Lipinski definition) is 1. The molecule has 9 heteroatoms. The van der Waals surface area contributed by atoms with Gasteiger partial charge in [0.2, 0.25) is 12.7 Å². The maximum absolute atomic E-state index is 12.6. The van der Waals surface area contributed by atoms with Crippen LogP contribution in [0.4, 0.5) is 0 Å². The van der Waals surface area contributed by atoms with Gasteiger partial charge in [0.1, 0.15) is 0 Å². The van der Waals surface area contributed by atoms with Gasteiger partial charge >= 0.3 is 0 Å². The topological polar surface area (TPSA) is 78.3 Å². The third-order valence-electron chi connectivity index (χ3n) is 5.21. The predicted octanol–water partition coefficient (Wildman–Crippen LogP) is 4.75. The van der Waals surface area contributed by atoms with Gasteiger partial charge in [-0.2, -0.15) is 0 Å². The predicted molar refractivity (Wildman–Crippen MR) is 129 cm³/mol. The number of nitrogens with zero attached hydrogens (tertiary/aromatic N) is 3. The van der Waals surface area contributed by atoms with Crippen LogP contribution in [0.5, 0.6) is 11.5 Å². The van der Waals surface area contributed by atoms with Crippen LogP contribution in [-0.2, 0) is 11.3 Å². The van der Waals surface area contributed by atoms with E-state index in [0.29, 0.717) is 11.7 Å². The van der Waals surface area contributed by atoms with Crippen molar-refractivity contribution in [2.75, 3.05) is 12.5 Å². The Morgan fingerprint density at radius 3 is 2.79 bits per heavy atom. The van der Waals surface area contributed by atoms with E-state index in [9.17, 15) is 4.79 Å². The van der Waals surface area contributed by atoms with E-state index < -0.39 is 0 Å². The SMILES string of the molecule is C[C@H](NC(=O)CSc1nnc(-c2ccccc2)n1Cc1ccc2c(c1)OCO2)c1cccs1. The van der Waals surface area contributed by atoms with Crippen LogP contribution in [0.25, 0.3) is 11.4 Å². The molecule has 2 aromatic carbocycles. The minimum Gasteiger partial charge on any atom is -0.454 e. The van der Waals surface area contributed by atoms with Gasteiger partial charge in [-0.25, -0.2) is 0 Å². The van der Waals surface area contributed by atoms with Crippen LogP contribution in [-0.4, -0.2) is 33.2 Å². The van der Waals surface area contributed by atoms with E-state index in [-0.39, 0.29) is 24.5 Å². The molecule has 1 atom stereocenters. The second-order valence-corrected chi connectivity index (χ2v) is 9.46. The van der Waals surface area contributed by atoms with Crippen molar-refractivity contribution in [3.63, 3.8) is 0 Å². The summed E-state index contributed by atoms with van der Waals surface area (Å²) in [6, 6.07) is 19.8. The Bertz CT molecular complexity index is 1240. The molecule has 0 saturated carbocycles. The number of benzene rings is 2. The van der Waals surface area contributed by atoms with Gasteiger partial charge in [-0.3, -0.25) is 9.36 Å². The lowest BCUT2D eigenvalue weighted by Gasteiger charge is -2.13. The van der Waals surface area contributed by atoms with Gasteiger partial charge in [0.15, 0.2) is 22.5 Å². The summed E-state index contributed by atoms with van der Waals surface area (Å²) in [5.74, 6) is 2.45. The minimum absolute atomic E-state index is 0.0236. The maximum Gasteiger partial charge on any atom is 0.231 e. The smallest absolute Gasteiger partial charge is 0.231 e. The van der Waals surface area contributed by atoms with Crippen LogP contribution in [0.15, 0.2) is 71.2 Å². The molecule has 1 aliphatic rings. The number of thiophene rings is 1. The van der Waals surface area contributed by atoms with E-state index in [4.69, 9.17) is 9.47 Å². The Morgan fingerprint density at radius 2 is 1.97 bits per heavy atom.